The summed E-state index contributed by atoms with van der Waals surface area (Å²) < 4.78 is 14.4. The van der Waals surface area contributed by atoms with Gasteiger partial charge in [0.05, 0.1) is 19.9 Å². The van der Waals surface area contributed by atoms with Crippen LogP contribution in [0.2, 0.25) is 0 Å². The Kier molecular flexibility index (Phi) is 7.11. The van der Waals surface area contributed by atoms with Crippen LogP contribution in [0.1, 0.15) is 15.9 Å². The molecule has 0 saturated carbocycles. The van der Waals surface area contributed by atoms with Crippen molar-refractivity contribution in [3.63, 3.8) is 0 Å². The van der Waals surface area contributed by atoms with E-state index in [0.29, 0.717) is 12.7 Å². The molecule has 0 radical (unpaired) electrons. The van der Waals surface area contributed by atoms with Crippen LogP contribution in [0.4, 0.5) is 4.39 Å². The van der Waals surface area contributed by atoms with Gasteiger partial charge >= 0.3 is 0 Å². The van der Waals surface area contributed by atoms with Crippen molar-refractivity contribution in [2.24, 2.45) is 5.10 Å². The van der Waals surface area contributed by atoms with E-state index in [2.05, 4.69) is 15.8 Å². The van der Waals surface area contributed by atoms with E-state index in [9.17, 15) is 19.1 Å². The van der Waals surface area contributed by atoms with Gasteiger partial charge < -0.3 is 10.4 Å². The number of amides is 2. The molecule has 0 atom stereocenters. The van der Waals surface area contributed by atoms with Crippen molar-refractivity contribution in [1.29, 1.82) is 0 Å². The predicted molar refractivity (Wildman–Crippen MR) is 108 cm³/mol. The number of halogens is 3. The molecule has 2 aromatic rings. The fourth-order valence-corrected chi connectivity index (χ4v) is 3.59. The summed E-state index contributed by atoms with van der Waals surface area (Å²) in [6.45, 7) is -0.294. The lowest BCUT2D eigenvalue weighted by Gasteiger charge is -2.04. The summed E-state index contributed by atoms with van der Waals surface area (Å²) in [5.41, 5.74) is 3.11. The Morgan fingerprint density at radius 1 is 1.20 bits per heavy atom. The molecular weight excluding hydrogens is 555 g/mol. The molecule has 0 unspecified atom stereocenters. The van der Waals surface area contributed by atoms with Crippen molar-refractivity contribution >= 4 is 63.2 Å². The van der Waals surface area contributed by atoms with Gasteiger partial charge in [0, 0.05) is 5.56 Å². The number of aromatic hydroxyl groups is 1. The summed E-state index contributed by atoms with van der Waals surface area (Å²) in [6, 6.07) is 8.58. The quantitative estimate of drug-likeness (QED) is 0.295. The summed E-state index contributed by atoms with van der Waals surface area (Å²) in [5.74, 6) is -1.41. The molecule has 25 heavy (non-hydrogen) atoms. The maximum Gasteiger partial charge on any atom is 0.259 e. The van der Waals surface area contributed by atoms with Gasteiger partial charge in [-0.15, -0.1) is 0 Å². The highest BCUT2D eigenvalue weighted by Gasteiger charge is 2.08. The Labute approximate surface area is 170 Å². The van der Waals surface area contributed by atoms with E-state index >= 15 is 0 Å². The first-order valence-electron chi connectivity index (χ1n) is 6.90. The third-order valence-electron chi connectivity index (χ3n) is 2.94. The van der Waals surface area contributed by atoms with E-state index in [1.165, 1.54) is 24.4 Å². The molecule has 2 aromatic carbocycles. The Morgan fingerprint density at radius 3 is 2.52 bits per heavy atom. The third-order valence-corrected chi connectivity index (χ3v) is 4.58. The first kappa shape index (κ1) is 19.6. The van der Waals surface area contributed by atoms with Crippen LogP contribution in [-0.4, -0.2) is 29.7 Å². The van der Waals surface area contributed by atoms with Gasteiger partial charge in [0.15, 0.2) is 0 Å². The van der Waals surface area contributed by atoms with Crippen molar-refractivity contribution in [2.45, 2.75) is 0 Å². The summed E-state index contributed by atoms with van der Waals surface area (Å²) in [4.78, 5) is 23.4. The van der Waals surface area contributed by atoms with Crippen LogP contribution in [0.25, 0.3) is 0 Å². The van der Waals surface area contributed by atoms with Crippen LogP contribution in [0.3, 0.4) is 0 Å². The average Bonchev–Trinajstić information content (AvgIpc) is 2.57. The molecule has 6 nitrogen and oxygen atoms in total. The standard InChI is InChI=1S/C16H12FI2N3O3/c17-11-3-1-2-10(6-11)16(25)20-8-14(23)22-21-7-9-4-12(18)15(24)13(19)5-9/h1-7,24H,8H2,(H,20,25)(H,22,23)/b21-7-. The molecule has 0 aliphatic heterocycles. The largest absolute Gasteiger partial charge is 0.506 e. The van der Waals surface area contributed by atoms with Crippen molar-refractivity contribution in [3.8, 4) is 5.75 Å². The molecule has 0 spiro atoms. The Hall–Kier alpha value is -1.76. The Bertz CT molecular complexity index is 820. The number of phenolic OH excluding ortho intramolecular Hbond substituents is 1. The number of hydrazone groups is 1. The van der Waals surface area contributed by atoms with Crippen LogP contribution in [0.15, 0.2) is 41.5 Å². The summed E-state index contributed by atoms with van der Waals surface area (Å²) in [6.07, 6.45) is 1.43. The highest BCUT2D eigenvalue weighted by Crippen LogP contribution is 2.26. The molecule has 3 N–H and O–H groups in total. The zero-order valence-electron chi connectivity index (χ0n) is 12.6. The number of nitrogens with one attached hydrogen (secondary N) is 2. The van der Waals surface area contributed by atoms with Crippen LogP contribution < -0.4 is 10.7 Å². The first-order valence-corrected chi connectivity index (χ1v) is 9.06. The van der Waals surface area contributed by atoms with Crippen molar-refractivity contribution in [3.05, 3.63) is 60.5 Å². The molecular formula is C16H12FI2N3O3. The van der Waals surface area contributed by atoms with Gasteiger partial charge in [-0.3, -0.25) is 9.59 Å². The number of rotatable bonds is 5. The molecule has 0 saturated heterocycles. The third kappa shape index (κ3) is 5.92. The van der Waals surface area contributed by atoms with Gasteiger partial charge in [0.1, 0.15) is 11.6 Å². The van der Waals surface area contributed by atoms with E-state index in [0.717, 1.165) is 6.07 Å². The normalized spacial score (nSPS) is 10.7. The molecule has 130 valence electrons. The van der Waals surface area contributed by atoms with Gasteiger partial charge in [0.25, 0.3) is 11.8 Å². The second-order valence-corrected chi connectivity index (χ2v) is 7.14. The number of nitrogens with zero attached hydrogens (tertiary/aromatic N) is 1. The molecule has 0 aromatic heterocycles. The average molecular weight is 567 g/mol. The lowest BCUT2D eigenvalue weighted by atomic mass is 10.2. The molecule has 0 aliphatic carbocycles. The zero-order valence-corrected chi connectivity index (χ0v) is 16.9. The molecule has 0 bridgehead atoms. The van der Waals surface area contributed by atoms with E-state index in [1.54, 1.807) is 12.1 Å². The van der Waals surface area contributed by atoms with Gasteiger partial charge in [-0.1, -0.05) is 6.07 Å². The minimum absolute atomic E-state index is 0.129. The highest BCUT2D eigenvalue weighted by molar-refractivity contribution is 14.1. The number of phenols is 1. The lowest BCUT2D eigenvalue weighted by Crippen LogP contribution is -2.34. The monoisotopic (exact) mass is 567 g/mol. The van der Waals surface area contributed by atoms with E-state index in [-0.39, 0.29) is 17.9 Å². The maximum atomic E-state index is 13.0. The fraction of sp³-hybridized carbons (Fsp3) is 0.0625. The Morgan fingerprint density at radius 2 is 1.88 bits per heavy atom. The molecule has 9 heteroatoms. The molecule has 2 rings (SSSR count). The number of hydrogen-bond acceptors (Lipinski definition) is 4. The van der Waals surface area contributed by atoms with Crippen LogP contribution in [-0.2, 0) is 4.79 Å². The minimum Gasteiger partial charge on any atom is -0.506 e. The van der Waals surface area contributed by atoms with E-state index < -0.39 is 17.6 Å². The van der Waals surface area contributed by atoms with Crippen LogP contribution in [0, 0.1) is 13.0 Å². The fourth-order valence-electron chi connectivity index (χ4n) is 1.77. The summed E-state index contributed by atoms with van der Waals surface area (Å²) in [5, 5.41) is 15.9. The van der Waals surface area contributed by atoms with E-state index in [1.807, 2.05) is 45.2 Å². The second kappa shape index (κ2) is 9.08. The molecule has 2 amide bonds. The summed E-state index contributed by atoms with van der Waals surface area (Å²) >= 11 is 3.98. The lowest BCUT2D eigenvalue weighted by molar-refractivity contribution is -0.120. The topological polar surface area (TPSA) is 90.8 Å². The van der Waals surface area contributed by atoms with Crippen molar-refractivity contribution in [1.82, 2.24) is 10.7 Å². The van der Waals surface area contributed by atoms with Crippen molar-refractivity contribution < 1.29 is 19.1 Å². The van der Waals surface area contributed by atoms with Gasteiger partial charge in [-0.05, 0) is 81.1 Å². The number of hydrogen-bond donors (Lipinski definition) is 3. The first-order chi connectivity index (χ1) is 11.9. The SMILES string of the molecule is O=C(CNC(=O)c1cccc(F)c1)N/N=C\c1cc(I)c(O)c(I)c1. The summed E-state index contributed by atoms with van der Waals surface area (Å²) in [7, 11) is 0. The van der Waals surface area contributed by atoms with Crippen molar-refractivity contribution in [2.75, 3.05) is 6.54 Å². The second-order valence-electron chi connectivity index (χ2n) is 4.82. The number of benzene rings is 2. The van der Waals surface area contributed by atoms with Gasteiger partial charge in [0.2, 0.25) is 0 Å². The van der Waals surface area contributed by atoms with E-state index in [4.69, 9.17) is 0 Å². The van der Waals surface area contributed by atoms with Gasteiger partial charge in [-0.2, -0.15) is 5.10 Å². The van der Waals surface area contributed by atoms with Crippen LogP contribution >= 0.6 is 45.2 Å². The number of carbonyl (C=O) groups is 2. The zero-order chi connectivity index (χ0) is 18.4. The number of carbonyl (C=O) groups excluding carboxylic acids is 2. The predicted octanol–water partition coefficient (Wildman–Crippen LogP) is 2.62. The molecule has 0 fully saturated rings. The molecule has 0 aliphatic rings. The molecule has 0 heterocycles. The van der Waals surface area contributed by atoms with Gasteiger partial charge in [-0.25, -0.2) is 9.82 Å². The highest BCUT2D eigenvalue weighted by atomic mass is 127. The maximum absolute atomic E-state index is 13.0. The smallest absolute Gasteiger partial charge is 0.259 e. The Balaban J connectivity index is 1.85. The van der Waals surface area contributed by atoms with Crippen LogP contribution in [0.5, 0.6) is 5.75 Å². The minimum atomic E-state index is -0.554.